The summed E-state index contributed by atoms with van der Waals surface area (Å²) in [6.07, 6.45) is 2.66. The molecule has 0 aliphatic rings. The van der Waals surface area contributed by atoms with Crippen LogP contribution in [0.3, 0.4) is 0 Å². The minimum Gasteiger partial charge on any atom is -0.357 e. The lowest BCUT2D eigenvalue weighted by Gasteiger charge is -2.22. The number of amides is 1. The van der Waals surface area contributed by atoms with Gasteiger partial charge in [-0.25, -0.2) is 0 Å². The second kappa shape index (κ2) is 12.0. The van der Waals surface area contributed by atoms with Gasteiger partial charge in [0.1, 0.15) is 0 Å². The third-order valence-electron chi connectivity index (χ3n) is 4.25. The zero-order chi connectivity index (χ0) is 19.8. The zero-order valence-corrected chi connectivity index (χ0v) is 19.9. The fraction of sp³-hybridized carbons (Fsp3) is 0.400. The number of carbonyl (C=O) groups is 1. The second-order valence-corrected chi connectivity index (χ2v) is 6.82. The number of aromatic nitrogens is 1. The fourth-order valence-electron chi connectivity index (χ4n) is 2.81. The van der Waals surface area contributed by atoms with Crippen LogP contribution in [0.5, 0.6) is 0 Å². The van der Waals surface area contributed by atoms with Crippen LogP contribution in [0.15, 0.2) is 41.5 Å². The van der Waals surface area contributed by atoms with Gasteiger partial charge in [0.25, 0.3) is 5.91 Å². The minimum atomic E-state index is -0.0744. The first-order chi connectivity index (χ1) is 12.9. The van der Waals surface area contributed by atoms with E-state index in [4.69, 9.17) is 16.6 Å². The van der Waals surface area contributed by atoms with Crippen molar-refractivity contribution in [1.29, 1.82) is 0 Å². The molecular weight excluding hydrogens is 489 g/mol. The Hall–Kier alpha value is -1.74. The lowest BCUT2D eigenvalue weighted by atomic mass is 10.1. The lowest BCUT2D eigenvalue weighted by Crippen LogP contribution is -2.39. The smallest absolute Gasteiger partial charge is 0.251 e. The molecular formula is C20H29ClIN5O. The van der Waals surface area contributed by atoms with Crippen LogP contribution in [0, 0.1) is 0 Å². The number of guanidine groups is 1. The van der Waals surface area contributed by atoms with Gasteiger partial charge in [-0.05, 0) is 37.1 Å². The molecule has 0 aliphatic heterocycles. The Balaban J connectivity index is 0.00000392. The number of nitrogens with one attached hydrogen (secondary N) is 2. The predicted octanol–water partition coefficient (Wildman–Crippen LogP) is 3.30. The number of nitrogens with zero attached hydrogens (tertiary/aromatic N) is 3. The third kappa shape index (κ3) is 7.01. The number of aryl methyl sites for hydroxylation is 1. The van der Waals surface area contributed by atoms with E-state index in [9.17, 15) is 4.79 Å². The van der Waals surface area contributed by atoms with Crippen LogP contribution < -0.4 is 10.6 Å². The number of rotatable bonds is 7. The van der Waals surface area contributed by atoms with Crippen molar-refractivity contribution in [3.63, 3.8) is 0 Å². The van der Waals surface area contributed by atoms with Crippen molar-refractivity contribution >= 4 is 47.4 Å². The Labute approximate surface area is 189 Å². The molecule has 8 heteroatoms. The highest BCUT2D eigenvalue weighted by Crippen LogP contribution is 2.14. The molecule has 0 radical (unpaired) electrons. The van der Waals surface area contributed by atoms with Crippen LogP contribution in [0.2, 0.25) is 5.02 Å². The topological polar surface area (TPSA) is 61.7 Å². The molecule has 0 unspecified atom stereocenters. The number of halogens is 2. The summed E-state index contributed by atoms with van der Waals surface area (Å²) in [5, 5.41) is 6.71. The highest BCUT2D eigenvalue weighted by Gasteiger charge is 2.10. The Morgan fingerprint density at radius 3 is 2.68 bits per heavy atom. The van der Waals surface area contributed by atoms with Crippen molar-refractivity contribution in [3.8, 4) is 0 Å². The number of carbonyl (C=O) groups excluding carboxylic acids is 1. The summed E-state index contributed by atoms with van der Waals surface area (Å²) < 4.78 is 2.02. The highest BCUT2D eigenvalue weighted by molar-refractivity contribution is 14.0. The maximum atomic E-state index is 11.8. The second-order valence-electron chi connectivity index (χ2n) is 6.38. The summed E-state index contributed by atoms with van der Waals surface area (Å²) in [4.78, 5) is 18.6. The van der Waals surface area contributed by atoms with Crippen LogP contribution in [0.4, 0.5) is 0 Å². The van der Waals surface area contributed by atoms with Crippen LogP contribution in [0.25, 0.3) is 0 Å². The number of hydrogen-bond donors (Lipinski definition) is 2. The van der Waals surface area contributed by atoms with Crippen LogP contribution in [0.1, 0.15) is 28.5 Å². The van der Waals surface area contributed by atoms with Gasteiger partial charge in [-0.2, -0.15) is 0 Å². The molecule has 0 aliphatic carbocycles. The summed E-state index contributed by atoms with van der Waals surface area (Å²) in [5.41, 5.74) is 2.88. The molecule has 6 nitrogen and oxygen atoms in total. The van der Waals surface area contributed by atoms with Gasteiger partial charge < -0.3 is 20.1 Å². The molecule has 0 bridgehead atoms. The van der Waals surface area contributed by atoms with Gasteiger partial charge in [0.15, 0.2) is 5.96 Å². The summed E-state index contributed by atoms with van der Waals surface area (Å²) in [5.74, 6) is 0.770. The van der Waals surface area contributed by atoms with Crippen LogP contribution in [-0.4, -0.2) is 48.5 Å². The van der Waals surface area contributed by atoms with Gasteiger partial charge in [-0.1, -0.05) is 23.7 Å². The Morgan fingerprint density at radius 1 is 1.32 bits per heavy atom. The average molecular weight is 518 g/mol. The molecule has 0 saturated heterocycles. The van der Waals surface area contributed by atoms with E-state index in [-0.39, 0.29) is 29.9 Å². The molecule has 1 aromatic heterocycles. The minimum absolute atomic E-state index is 0. The molecule has 0 atom stereocenters. The first kappa shape index (κ1) is 24.3. The highest BCUT2D eigenvalue weighted by atomic mass is 127. The zero-order valence-electron chi connectivity index (χ0n) is 16.8. The molecule has 154 valence electrons. The van der Waals surface area contributed by atoms with Crippen molar-refractivity contribution in [2.45, 2.75) is 19.9 Å². The third-order valence-corrected chi connectivity index (χ3v) is 4.46. The first-order valence-corrected chi connectivity index (χ1v) is 9.43. The van der Waals surface area contributed by atoms with E-state index >= 15 is 0 Å². The van der Waals surface area contributed by atoms with Crippen molar-refractivity contribution < 1.29 is 4.79 Å². The summed E-state index contributed by atoms with van der Waals surface area (Å²) in [6.45, 7) is 4.19. The van der Waals surface area contributed by atoms with Gasteiger partial charge in [0, 0.05) is 51.7 Å². The molecule has 0 spiro atoms. The average Bonchev–Trinajstić information content (AvgIpc) is 2.97. The summed E-state index contributed by atoms with van der Waals surface area (Å²) >= 11 is 6.07. The Bertz CT molecular complexity index is 806. The Morgan fingerprint density at radius 2 is 2.07 bits per heavy atom. The van der Waals surface area contributed by atoms with E-state index in [1.165, 1.54) is 0 Å². The largest absolute Gasteiger partial charge is 0.357 e. The van der Waals surface area contributed by atoms with Crippen LogP contribution in [-0.2, 0) is 20.0 Å². The summed E-state index contributed by atoms with van der Waals surface area (Å²) in [7, 11) is 5.63. The molecule has 0 saturated carbocycles. The van der Waals surface area contributed by atoms with Crippen molar-refractivity contribution in [2.75, 3.05) is 27.2 Å². The number of hydrogen-bond acceptors (Lipinski definition) is 2. The van der Waals surface area contributed by atoms with E-state index in [1.54, 1.807) is 7.05 Å². The van der Waals surface area contributed by atoms with Gasteiger partial charge >= 0.3 is 0 Å². The molecule has 2 rings (SSSR count). The molecule has 28 heavy (non-hydrogen) atoms. The SMILES string of the molecule is CCNC(=NCCc1cccc(C(=O)NC)c1)N(C)Cc1cc(Cl)cn1C.I. The van der Waals surface area contributed by atoms with Crippen LogP contribution >= 0.6 is 35.6 Å². The standard InChI is InChI=1S/C20H28ClN5O.HI/c1-5-23-20(26(4)14-18-12-17(21)13-25(18)3)24-10-9-15-7-6-8-16(11-15)19(27)22-2;/h6-8,11-13H,5,9-10,14H2,1-4H3,(H,22,27)(H,23,24);1H. The van der Waals surface area contributed by atoms with Gasteiger partial charge in [-0.15, -0.1) is 24.0 Å². The van der Waals surface area contributed by atoms with E-state index in [0.717, 1.165) is 35.2 Å². The summed E-state index contributed by atoms with van der Waals surface area (Å²) in [6, 6.07) is 9.61. The van der Waals surface area contributed by atoms with Gasteiger partial charge in [0.05, 0.1) is 11.6 Å². The van der Waals surface area contributed by atoms with E-state index in [2.05, 4.69) is 22.5 Å². The molecule has 1 heterocycles. The monoisotopic (exact) mass is 517 g/mol. The first-order valence-electron chi connectivity index (χ1n) is 9.05. The quantitative estimate of drug-likeness (QED) is 0.337. The lowest BCUT2D eigenvalue weighted by molar-refractivity contribution is 0.0963. The van der Waals surface area contributed by atoms with Crippen molar-refractivity contribution in [3.05, 3.63) is 58.4 Å². The van der Waals surface area contributed by atoms with Crippen molar-refractivity contribution in [2.24, 2.45) is 12.0 Å². The van der Waals surface area contributed by atoms with Gasteiger partial charge in [0.2, 0.25) is 0 Å². The fourth-order valence-corrected chi connectivity index (χ4v) is 3.09. The number of aliphatic imine (C=N–C) groups is 1. The number of benzene rings is 1. The van der Waals surface area contributed by atoms with Gasteiger partial charge in [-0.3, -0.25) is 9.79 Å². The maximum absolute atomic E-state index is 11.8. The molecule has 2 N–H and O–H groups in total. The predicted molar refractivity (Wildman–Crippen MR) is 127 cm³/mol. The molecule has 1 amide bonds. The van der Waals surface area contributed by atoms with E-state index in [0.29, 0.717) is 18.7 Å². The van der Waals surface area contributed by atoms with Crippen molar-refractivity contribution in [1.82, 2.24) is 20.1 Å². The van der Waals surface area contributed by atoms with E-state index < -0.39 is 0 Å². The molecule has 2 aromatic rings. The van der Waals surface area contributed by atoms with E-state index in [1.807, 2.05) is 55.2 Å². The maximum Gasteiger partial charge on any atom is 0.251 e. The molecule has 0 fully saturated rings. The Kier molecular flexibility index (Phi) is 10.4. The normalized spacial score (nSPS) is 11.0. The molecule has 1 aromatic carbocycles.